The van der Waals surface area contributed by atoms with Gasteiger partial charge in [0.2, 0.25) is 5.91 Å². The molecule has 1 amide bonds. The average Bonchev–Trinajstić information content (AvgIpc) is 2.66. The summed E-state index contributed by atoms with van der Waals surface area (Å²) in [6.07, 6.45) is 3.98. The summed E-state index contributed by atoms with van der Waals surface area (Å²) in [5.41, 5.74) is 0.470. The fourth-order valence-corrected chi connectivity index (χ4v) is 3.21. The molecular formula is C18H27N3O5. The van der Waals surface area contributed by atoms with Gasteiger partial charge in [0, 0.05) is 18.5 Å². The third-order valence-corrected chi connectivity index (χ3v) is 4.74. The van der Waals surface area contributed by atoms with Gasteiger partial charge in [0.15, 0.2) is 11.5 Å². The molecule has 1 saturated heterocycles. The first-order valence-electron chi connectivity index (χ1n) is 8.91. The van der Waals surface area contributed by atoms with Gasteiger partial charge in [-0.15, -0.1) is 0 Å². The van der Waals surface area contributed by atoms with Gasteiger partial charge < -0.3 is 20.1 Å². The molecule has 144 valence electrons. The Morgan fingerprint density at radius 3 is 2.54 bits per heavy atom. The number of carbonyl (C=O) groups is 1. The molecule has 0 saturated carbocycles. The summed E-state index contributed by atoms with van der Waals surface area (Å²) in [5, 5.41) is 17.4. The van der Waals surface area contributed by atoms with Gasteiger partial charge in [-0.2, -0.15) is 0 Å². The quantitative estimate of drug-likeness (QED) is 0.513. The smallest absolute Gasteiger partial charge is 0.276 e. The lowest BCUT2D eigenvalue weighted by atomic mass is 9.93. The molecule has 0 spiro atoms. The molecule has 2 N–H and O–H groups in total. The predicted octanol–water partition coefficient (Wildman–Crippen LogP) is 2.05. The molecule has 8 nitrogen and oxygen atoms in total. The van der Waals surface area contributed by atoms with Crippen molar-refractivity contribution in [2.24, 2.45) is 5.92 Å². The highest BCUT2D eigenvalue weighted by Crippen LogP contribution is 2.34. The van der Waals surface area contributed by atoms with Gasteiger partial charge in [0.25, 0.3) is 5.69 Å². The zero-order valence-electron chi connectivity index (χ0n) is 15.4. The van der Waals surface area contributed by atoms with E-state index in [2.05, 4.69) is 10.6 Å². The molecule has 0 unspecified atom stereocenters. The van der Waals surface area contributed by atoms with E-state index in [-0.39, 0.29) is 11.6 Å². The Morgan fingerprint density at radius 2 is 1.92 bits per heavy atom. The number of nitrogens with zero attached hydrogens (tertiary/aromatic N) is 1. The molecule has 1 fully saturated rings. The van der Waals surface area contributed by atoms with Gasteiger partial charge in [0.05, 0.1) is 25.2 Å². The zero-order valence-corrected chi connectivity index (χ0v) is 15.4. The first-order chi connectivity index (χ1) is 12.5. The largest absolute Gasteiger partial charge is 0.493 e. The fourth-order valence-electron chi connectivity index (χ4n) is 3.21. The number of hydrogen-bond acceptors (Lipinski definition) is 6. The number of benzene rings is 1. The van der Waals surface area contributed by atoms with E-state index in [1.165, 1.54) is 20.3 Å². The number of ether oxygens (including phenoxy) is 2. The number of carbonyl (C=O) groups excluding carboxylic acids is 1. The van der Waals surface area contributed by atoms with Crippen LogP contribution in [-0.2, 0) is 11.2 Å². The molecule has 0 aromatic heterocycles. The highest BCUT2D eigenvalue weighted by atomic mass is 16.6. The van der Waals surface area contributed by atoms with Crippen LogP contribution in [0.4, 0.5) is 5.69 Å². The first-order valence-corrected chi connectivity index (χ1v) is 8.91. The van der Waals surface area contributed by atoms with E-state index in [4.69, 9.17) is 9.47 Å². The van der Waals surface area contributed by atoms with Crippen LogP contribution in [0.25, 0.3) is 0 Å². The highest BCUT2D eigenvalue weighted by molar-refractivity contribution is 5.75. The minimum absolute atomic E-state index is 0.00772. The number of nitro groups is 1. The molecule has 0 aliphatic carbocycles. The van der Waals surface area contributed by atoms with E-state index in [1.807, 2.05) is 0 Å². The van der Waals surface area contributed by atoms with E-state index in [0.717, 1.165) is 32.4 Å². The van der Waals surface area contributed by atoms with Crippen LogP contribution in [0.2, 0.25) is 0 Å². The summed E-state index contributed by atoms with van der Waals surface area (Å²) in [6.45, 7) is 2.39. The van der Waals surface area contributed by atoms with Crippen LogP contribution in [0.5, 0.6) is 11.5 Å². The third-order valence-electron chi connectivity index (χ3n) is 4.74. The minimum Gasteiger partial charge on any atom is -0.493 e. The zero-order chi connectivity index (χ0) is 18.9. The molecule has 26 heavy (non-hydrogen) atoms. The second kappa shape index (κ2) is 9.96. The van der Waals surface area contributed by atoms with Crippen LogP contribution in [-0.4, -0.2) is 44.7 Å². The van der Waals surface area contributed by atoms with Crippen molar-refractivity contribution in [1.82, 2.24) is 10.6 Å². The molecule has 0 radical (unpaired) electrons. The molecule has 1 aliphatic heterocycles. The van der Waals surface area contributed by atoms with Gasteiger partial charge in [-0.1, -0.05) is 0 Å². The van der Waals surface area contributed by atoms with Crippen molar-refractivity contribution in [3.05, 3.63) is 27.8 Å². The summed E-state index contributed by atoms with van der Waals surface area (Å²) < 4.78 is 10.3. The maximum Gasteiger partial charge on any atom is 0.276 e. The molecule has 0 bridgehead atoms. The van der Waals surface area contributed by atoms with Gasteiger partial charge in [-0.3, -0.25) is 14.9 Å². The van der Waals surface area contributed by atoms with Gasteiger partial charge in [-0.05, 0) is 50.8 Å². The molecular weight excluding hydrogens is 338 g/mol. The Kier molecular flexibility index (Phi) is 7.65. The minimum atomic E-state index is -0.448. The fraction of sp³-hybridized carbons (Fsp3) is 0.611. The summed E-state index contributed by atoms with van der Waals surface area (Å²) in [4.78, 5) is 22.8. The number of rotatable bonds is 9. The van der Waals surface area contributed by atoms with E-state index in [0.29, 0.717) is 42.4 Å². The SMILES string of the molecule is COc1cc(CCNC(=O)CCC2CCNCC2)c([N+](=O)[O-])cc1OC. The lowest BCUT2D eigenvalue weighted by Gasteiger charge is -2.22. The highest BCUT2D eigenvalue weighted by Gasteiger charge is 2.19. The van der Waals surface area contributed by atoms with Crippen molar-refractivity contribution >= 4 is 11.6 Å². The Labute approximate surface area is 153 Å². The molecule has 8 heteroatoms. The Balaban J connectivity index is 1.87. The van der Waals surface area contributed by atoms with E-state index >= 15 is 0 Å². The van der Waals surface area contributed by atoms with Crippen molar-refractivity contribution in [1.29, 1.82) is 0 Å². The predicted molar refractivity (Wildman–Crippen MR) is 97.7 cm³/mol. The third kappa shape index (κ3) is 5.59. The molecule has 2 rings (SSSR count). The first kappa shape index (κ1) is 20.0. The van der Waals surface area contributed by atoms with Crippen molar-refractivity contribution in [2.75, 3.05) is 33.9 Å². The van der Waals surface area contributed by atoms with E-state index in [9.17, 15) is 14.9 Å². The second-order valence-electron chi connectivity index (χ2n) is 6.43. The Hall–Kier alpha value is -2.35. The average molecular weight is 365 g/mol. The van der Waals surface area contributed by atoms with Crippen molar-refractivity contribution in [2.45, 2.75) is 32.1 Å². The lowest BCUT2D eigenvalue weighted by molar-refractivity contribution is -0.385. The number of methoxy groups -OCH3 is 2. The summed E-state index contributed by atoms with van der Waals surface area (Å²) in [7, 11) is 2.92. The normalized spacial score (nSPS) is 14.7. The maximum atomic E-state index is 12.0. The number of nitro benzene ring substituents is 1. The van der Waals surface area contributed by atoms with E-state index in [1.54, 1.807) is 6.07 Å². The van der Waals surface area contributed by atoms with Crippen LogP contribution >= 0.6 is 0 Å². The van der Waals surface area contributed by atoms with Crippen molar-refractivity contribution in [3.8, 4) is 11.5 Å². The van der Waals surface area contributed by atoms with Gasteiger partial charge >= 0.3 is 0 Å². The molecule has 0 atom stereocenters. The summed E-state index contributed by atoms with van der Waals surface area (Å²) in [5.74, 6) is 1.35. The van der Waals surface area contributed by atoms with Crippen molar-refractivity contribution < 1.29 is 19.2 Å². The molecule has 1 aromatic carbocycles. The Morgan fingerprint density at radius 1 is 1.27 bits per heavy atom. The topological polar surface area (TPSA) is 103 Å². The molecule has 1 heterocycles. The summed E-state index contributed by atoms with van der Waals surface area (Å²) in [6, 6.07) is 2.95. The molecule has 1 aromatic rings. The number of nitrogens with one attached hydrogen (secondary N) is 2. The van der Waals surface area contributed by atoms with Crippen LogP contribution < -0.4 is 20.1 Å². The van der Waals surface area contributed by atoms with Crippen molar-refractivity contribution in [3.63, 3.8) is 0 Å². The standard InChI is InChI=1S/C18H27N3O5/c1-25-16-11-14(15(21(23)24)12-17(16)26-2)7-10-20-18(22)4-3-13-5-8-19-9-6-13/h11-13,19H,3-10H2,1-2H3,(H,20,22). The monoisotopic (exact) mass is 365 g/mol. The van der Waals surface area contributed by atoms with Crippen LogP contribution in [0.1, 0.15) is 31.2 Å². The Bertz CT molecular complexity index is 629. The van der Waals surface area contributed by atoms with Gasteiger partial charge in [-0.25, -0.2) is 0 Å². The van der Waals surface area contributed by atoms with Crippen LogP contribution in [0.3, 0.4) is 0 Å². The molecule has 1 aliphatic rings. The second-order valence-corrected chi connectivity index (χ2v) is 6.43. The van der Waals surface area contributed by atoms with Crippen LogP contribution in [0, 0.1) is 16.0 Å². The van der Waals surface area contributed by atoms with E-state index < -0.39 is 4.92 Å². The summed E-state index contributed by atoms with van der Waals surface area (Å²) >= 11 is 0. The van der Waals surface area contributed by atoms with Gasteiger partial charge in [0.1, 0.15) is 0 Å². The lowest BCUT2D eigenvalue weighted by Crippen LogP contribution is -2.30. The maximum absolute atomic E-state index is 12.0. The number of amides is 1. The van der Waals surface area contributed by atoms with Crippen LogP contribution in [0.15, 0.2) is 12.1 Å². The number of piperidine rings is 1. The number of hydrogen-bond donors (Lipinski definition) is 2.